The van der Waals surface area contributed by atoms with E-state index in [1.165, 1.54) is 17.5 Å². The standard InChI is InChI=1S/C33H48N2O2/c1-26(2)24-35(32(36)17-10-6-9-14-27-12-7-5-8-13-27)30-19-18-29-25-34(3)21-20-33(29,23-30)28-15-11-16-31(22-28)37-4/h5,7-8,11-13,15-16,22,26,29-30H,6,9-10,14,17-21,23-25H2,1-4H3/t29-,30+,33+/m1/s1. The van der Waals surface area contributed by atoms with E-state index in [2.05, 4.69) is 85.3 Å². The Bertz CT molecular complexity index is 991. The highest BCUT2D eigenvalue weighted by Crippen LogP contribution is 2.50. The number of nitrogens with zero attached hydrogens (tertiary/aromatic N) is 2. The first-order valence-corrected chi connectivity index (χ1v) is 14.6. The van der Waals surface area contributed by atoms with Gasteiger partial charge in [-0.2, -0.15) is 0 Å². The summed E-state index contributed by atoms with van der Waals surface area (Å²) in [6.45, 7) is 7.62. The predicted molar refractivity (Wildman–Crippen MR) is 153 cm³/mol. The number of hydrogen-bond donors (Lipinski definition) is 0. The number of hydrogen-bond acceptors (Lipinski definition) is 3. The van der Waals surface area contributed by atoms with E-state index in [1.807, 2.05) is 0 Å². The summed E-state index contributed by atoms with van der Waals surface area (Å²) in [4.78, 5) is 18.4. The van der Waals surface area contributed by atoms with Crippen molar-refractivity contribution in [2.45, 2.75) is 83.1 Å². The van der Waals surface area contributed by atoms with Crippen LogP contribution in [0, 0.1) is 11.8 Å². The summed E-state index contributed by atoms with van der Waals surface area (Å²) in [5, 5.41) is 0. The molecule has 0 spiro atoms. The molecule has 1 heterocycles. The lowest BCUT2D eigenvalue weighted by Crippen LogP contribution is -2.56. The molecule has 0 bridgehead atoms. The molecule has 4 nitrogen and oxygen atoms in total. The molecule has 0 aromatic heterocycles. The van der Waals surface area contributed by atoms with Crippen LogP contribution >= 0.6 is 0 Å². The first-order valence-electron chi connectivity index (χ1n) is 14.6. The molecule has 0 radical (unpaired) electrons. The minimum absolute atomic E-state index is 0.120. The largest absolute Gasteiger partial charge is 0.497 e. The summed E-state index contributed by atoms with van der Waals surface area (Å²) >= 11 is 0. The van der Waals surface area contributed by atoms with Gasteiger partial charge in [-0.25, -0.2) is 0 Å². The second kappa shape index (κ2) is 13.0. The molecule has 3 atom stereocenters. The van der Waals surface area contributed by atoms with E-state index in [0.29, 0.717) is 30.2 Å². The monoisotopic (exact) mass is 504 g/mol. The highest BCUT2D eigenvalue weighted by Gasteiger charge is 2.49. The number of methoxy groups -OCH3 is 1. The lowest BCUT2D eigenvalue weighted by Gasteiger charge is -2.54. The Morgan fingerprint density at radius 1 is 1.08 bits per heavy atom. The van der Waals surface area contributed by atoms with E-state index in [0.717, 1.165) is 70.3 Å². The molecule has 2 fully saturated rings. The third-order valence-electron chi connectivity index (χ3n) is 8.87. The first-order chi connectivity index (χ1) is 17.9. The van der Waals surface area contributed by atoms with Gasteiger partial charge in [-0.1, -0.05) is 62.7 Å². The summed E-state index contributed by atoms with van der Waals surface area (Å²) < 4.78 is 5.63. The summed E-state index contributed by atoms with van der Waals surface area (Å²) in [6, 6.07) is 19.8. The van der Waals surface area contributed by atoms with Gasteiger partial charge in [-0.05, 0) is 93.6 Å². The molecular weight excluding hydrogens is 456 g/mol. The number of likely N-dealkylation sites (tertiary alicyclic amines) is 1. The van der Waals surface area contributed by atoms with Crippen molar-refractivity contribution < 1.29 is 9.53 Å². The minimum Gasteiger partial charge on any atom is -0.497 e. The Hall–Kier alpha value is -2.33. The highest BCUT2D eigenvalue weighted by atomic mass is 16.5. The van der Waals surface area contributed by atoms with Crippen LogP contribution in [0.3, 0.4) is 0 Å². The number of piperidine rings is 1. The molecule has 2 aromatic carbocycles. The van der Waals surface area contributed by atoms with Gasteiger partial charge in [0.1, 0.15) is 5.75 Å². The van der Waals surface area contributed by atoms with Crippen molar-refractivity contribution in [1.29, 1.82) is 0 Å². The van der Waals surface area contributed by atoms with Crippen LogP contribution in [0.25, 0.3) is 0 Å². The van der Waals surface area contributed by atoms with Crippen LogP contribution in [-0.4, -0.2) is 55.5 Å². The predicted octanol–water partition coefficient (Wildman–Crippen LogP) is 6.72. The molecule has 1 saturated heterocycles. The Labute approximate surface area is 225 Å². The lowest BCUT2D eigenvalue weighted by molar-refractivity contribution is -0.136. The zero-order valence-electron chi connectivity index (χ0n) is 23.6. The van der Waals surface area contributed by atoms with Gasteiger partial charge in [0.2, 0.25) is 5.91 Å². The Morgan fingerprint density at radius 2 is 1.89 bits per heavy atom. The Balaban J connectivity index is 1.45. The van der Waals surface area contributed by atoms with Crippen LogP contribution < -0.4 is 4.74 Å². The van der Waals surface area contributed by atoms with Gasteiger partial charge in [-0.15, -0.1) is 0 Å². The van der Waals surface area contributed by atoms with Crippen molar-refractivity contribution in [3.63, 3.8) is 0 Å². The van der Waals surface area contributed by atoms with Crippen LogP contribution in [0.5, 0.6) is 5.75 Å². The van der Waals surface area contributed by atoms with Crippen molar-refractivity contribution in [2.75, 3.05) is 33.8 Å². The second-order valence-electron chi connectivity index (χ2n) is 12.0. The molecular formula is C33H48N2O2. The molecule has 202 valence electrons. The van der Waals surface area contributed by atoms with E-state index in [9.17, 15) is 4.79 Å². The fourth-order valence-electron chi connectivity index (χ4n) is 6.90. The average Bonchev–Trinajstić information content (AvgIpc) is 2.91. The van der Waals surface area contributed by atoms with Crippen LogP contribution in [0.2, 0.25) is 0 Å². The molecule has 1 saturated carbocycles. The maximum absolute atomic E-state index is 13.7. The van der Waals surface area contributed by atoms with Gasteiger partial charge in [0, 0.05) is 31.0 Å². The molecule has 2 aromatic rings. The normalized spacial score (nSPS) is 24.0. The number of ether oxygens (including phenoxy) is 1. The number of rotatable bonds is 11. The van der Waals surface area contributed by atoms with Crippen molar-refractivity contribution in [3.8, 4) is 5.75 Å². The molecule has 2 aliphatic rings. The maximum atomic E-state index is 13.7. The Morgan fingerprint density at radius 3 is 2.65 bits per heavy atom. The molecule has 0 N–H and O–H groups in total. The number of unbranched alkanes of at least 4 members (excludes halogenated alkanes) is 2. The number of carbonyl (C=O) groups excluding carboxylic acids is 1. The van der Waals surface area contributed by atoms with Gasteiger partial charge in [0.15, 0.2) is 0 Å². The van der Waals surface area contributed by atoms with Crippen molar-refractivity contribution in [2.24, 2.45) is 11.8 Å². The fraction of sp³-hybridized carbons (Fsp3) is 0.606. The third kappa shape index (κ3) is 6.96. The van der Waals surface area contributed by atoms with Crippen molar-refractivity contribution in [3.05, 3.63) is 65.7 Å². The van der Waals surface area contributed by atoms with Crippen LogP contribution in [0.1, 0.15) is 76.3 Å². The van der Waals surface area contributed by atoms with Crippen LogP contribution in [-0.2, 0) is 16.6 Å². The third-order valence-corrected chi connectivity index (χ3v) is 8.87. The second-order valence-corrected chi connectivity index (χ2v) is 12.0. The number of carbonyl (C=O) groups is 1. The quantitative estimate of drug-likeness (QED) is 0.318. The Kier molecular flexibility index (Phi) is 9.70. The van der Waals surface area contributed by atoms with Crippen molar-refractivity contribution in [1.82, 2.24) is 9.80 Å². The number of aryl methyl sites for hydroxylation is 1. The van der Waals surface area contributed by atoms with Gasteiger partial charge >= 0.3 is 0 Å². The first kappa shape index (κ1) is 27.7. The molecule has 37 heavy (non-hydrogen) atoms. The highest BCUT2D eigenvalue weighted by molar-refractivity contribution is 5.76. The lowest BCUT2D eigenvalue weighted by atomic mass is 9.57. The van der Waals surface area contributed by atoms with E-state index in [1.54, 1.807) is 7.11 Å². The molecule has 4 rings (SSSR count). The maximum Gasteiger partial charge on any atom is 0.222 e. The van der Waals surface area contributed by atoms with E-state index in [-0.39, 0.29) is 5.41 Å². The van der Waals surface area contributed by atoms with E-state index in [4.69, 9.17) is 4.74 Å². The molecule has 4 heteroatoms. The molecule has 1 aliphatic heterocycles. The number of benzene rings is 2. The summed E-state index contributed by atoms with van der Waals surface area (Å²) in [6.07, 6.45) is 9.57. The van der Waals surface area contributed by atoms with Gasteiger partial charge in [0.25, 0.3) is 0 Å². The SMILES string of the molecule is COc1cccc([C@@]23CCN(C)C[C@H]2CC[C@H](N(CC(C)C)C(=O)CCCCCc2ccccc2)C3)c1. The van der Waals surface area contributed by atoms with Gasteiger partial charge in [0.05, 0.1) is 7.11 Å². The zero-order chi connectivity index (χ0) is 26.3. The zero-order valence-corrected chi connectivity index (χ0v) is 23.6. The minimum atomic E-state index is 0.120. The number of amides is 1. The fourth-order valence-corrected chi connectivity index (χ4v) is 6.90. The topological polar surface area (TPSA) is 32.8 Å². The van der Waals surface area contributed by atoms with Gasteiger partial charge < -0.3 is 14.5 Å². The van der Waals surface area contributed by atoms with E-state index < -0.39 is 0 Å². The summed E-state index contributed by atoms with van der Waals surface area (Å²) in [5.41, 5.74) is 2.93. The summed E-state index contributed by atoms with van der Waals surface area (Å²) in [5.74, 6) is 2.41. The molecule has 0 unspecified atom stereocenters. The van der Waals surface area contributed by atoms with Crippen LogP contribution in [0.15, 0.2) is 54.6 Å². The molecule has 1 aliphatic carbocycles. The van der Waals surface area contributed by atoms with E-state index >= 15 is 0 Å². The summed E-state index contributed by atoms with van der Waals surface area (Å²) in [7, 11) is 4.02. The van der Waals surface area contributed by atoms with Gasteiger partial charge in [-0.3, -0.25) is 4.79 Å². The van der Waals surface area contributed by atoms with Crippen molar-refractivity contribution >= 4 is 5.91 Å². The van der Waals surface area contributed by atoms with Crippen LogP contribution in [0.4, 0.5) is 0 Å². The number of fused-ring (bicyclic) bond motifs is 1. The molecule has 1 amide bonds. The smallest absolute Gasteiger partial charge is 0.222 e. The average molecular weight is 505 g/mol.